The molecule has 1 aliphatic rings. The molecule has 1 heterocycles. The van der Waals surface area contributed by atoms with Gasteiger partial charge in [-0.25, -0.2) is 0 Å². The van der Waals surface area contributed by atoms with Gasteiger partial charge in [-0.3, -0.25) is 4.79 Å². The maximum Gasteiger partial charge on any atom is 0.193 e. The zero-order valence-corrected chi connectivity index (χ0v) is 18.3. The predicted octanol–water partition coefficient (Wildman–Crippen LogP) is 5.29. The van der Waals surface area contributed by atoms with Gasteiger partial charge in [-0.15, -0.1) is 0 Å². The van der Waals surface area contributed by atoms with Crippen LogP contribution in [0.4, 0.5) is 0 Å². The smallest absolute Gasteiger partial charge is 0.193 e. The van der Waals surface area contributed by atoms with Gasteiger partial charge in [0.2, 0.25) is 0 Å². The lowest BCUT2D eigenvalue weighted by molar-refractivity contribution is 0.102. The Kier molecular flexibility index (Phi) is 6.14. The van der Waals surface area contributed by atoms with Crippen LogP contribution in [0.3, 0.4) is 0 Å². The molecule has 2 N–H and O–H groups in total. The standard InChI is InChI=1S/C26H24N2O2S/c1-17(2)30-21-16-10-9-15-20(21)24-22(25(29)19-13-7-4-8-14-19)23(27-26(31)28-24)18-11-5-3-6-12-18/h3-17,24H,1-2H3,(H2,27,28,31)/t24-/m0/s1. The predicted molar refractivity (Wildman–Crippen MR) is 128 cm³/mol. The summed E-state index contributed by atoms with van der Waals surface area (Å²) in [4.78, 5) is 13.8. The van der Waals surface area contributed by atoms with Gasteiger partial charge >= 0.3 is 0 Å². The van der Waals surface area contributed by atoms with Crippen molar-refractivity contribution in [2.75, 3.05) is 0 Å². The van der Waals surface area contributed by atoms with E-state index in [1.807, 2.05) is 98.8 Å². The van der Waals surface area contributed by atoms with Crippen molar-refractivity contribution in [2.24, 2.45) is 0 Å². The van der Waals surface area contributed by atoms with E-state index in [1.54, 1.807) is 0 Å². The van der Waals surface area contributed by atoms with Crippen molar-refractivity contribution in [1.29, 1.82) is 0 Å². The van der Waals surface area contributed by atoms with Gasteiger partial charge in [-0.05, 0) is 37.7 Å². The zero-order chi connectivity index (χ0) is 21.8. The highest BCUT2D eigenvalue weighted by Crippen LogP contribution is 2.37. The van der Waals surface area contributed by atoms with Gasteiger partial charge in [0.1, 0.15) is 5.75 Å². The summed E-state index contributed by atoms with van der Waals surface area (Å²) in [6.45, 7) is 3.97. The highest BCUT2D eigenvalue weighted by Gasteiger charge is 2.34. The Labute approximate surface area is 188 Å². The molecule has 0 spiro atoms. The van der Waals surface area contributed by atoms with E-state index in [-0.39, 0.29) is 11.9 Å². The third-order valence-corrected chi connectivity index (χ3v) is 5.23. The number of para-hydroxylation sites is 1. The SMILES string of the molecule is CC(C)Oc1ccccc1[C@@H]1NC(=S)NC(c2ccccc2)=C1C(=O)c1ccccc1. The molecule has 1 aliphatic heterocycles. The molecule has 0 saturated carbocycles. The highest BCUT2D eigenvalue weighted by molar-refractivity contribution is 7.80. The van der Waals surface area contributed by atoms with Crippen molar-refractivity contribution in [3.05, 3.63) is 107 Å². The normalized spacial score (nSPS) is 16.0. The third kappa shape index (κ3) is 4.52. The fourth-order valence-corrected chi connectivity index (χ4v) is 3.92. The van der Waals surface area contributed by atoms with Crippen molar-refractivity contribution in [1.82, 2.24) is 10.6 Å². The number of carbonyl (C=O) groups is 1. The minimum absolute atomic E-state index is 0.000616. The molecule has 4 nitrogen and oxygen atoms in total. The lowest BCUT2D eigenvalue weighted by Gasteiger charge is -2.33. The number of hydrogen-bond donors (Lipinski definition) is 2. The molecule has 0 radical (unpaired) electrons. The van der Waals surface area contributed by atoms with Crippen LogP contribution in [0, 0.1) is 0 Å². The van der Waals surface area contributed by atoms with Gasteiger partial charge < -0.3 is 15.4 Å². The second-order valence-electron chi connectivity index (χ2n) is 7.59. The van der Waals surface area contributed by atoms with Crippen LogP contribution in [0.1, 0.15) is 41.4 Å². The molecule has 31 heavy (non-hydrogen) atoms. The van der Waals surface area contributed by atoms with Gasteiger partial charge in [-0.1, -0.05) is 78.9 Å². The first-order valence-electron chi connectivity index (χ1n) is 10.3. The van der Waals surface area contributed by atoms with Crippen LogP contribution in [0.5, 0.6) is 5.75 Å². The van der Waals surface area contributed by atoms with Crippen LogP contribution in [0.25, 0.3) is 5.70 Å². The van der Waals surface area contributed by atoms with Gasteiger partial charge in [-0.2, -0.15) is 0 Å². The Morgan fingerprint density at radius 1 is 0.903 bits per heavy atom. The largest absolute Gasteiger partial charge is 0.491 e. The Hall–Kier alpha value is -3.44. The van der Waals surface area contributed by atoms with E-state index in [2.05, 4.69) is 10.6 Å². The van der Waals surface area contributed by atoms with Crippen LogP contribution in [-0.4, -0.2) is 17.0 Å². The average molecular weight is 429 g/mol. The van der Waals surface area contributed by atoms with Crippen LogP contribution >= 0.6 is 12.2 Å². The molecule has 4 rings (SSSR count). The van der Waals surface area contributed by atoms with E-state index in [4.69, 9.17) is 17.0 Å². The summed E-state index contributed by atoms with van der Waals surface area (Å²) < 4.78 is 6.07. The van der Waals surface area contributed by atoms with E-state index in [0.717, 1.165) is 16.9 Å². The fourth-order valence-electron chi connectivity index (χ4n) is 3.70. The molecule has 0 saturated heterocycles. The van der Waals surface area contributed by atoms with Crippen LogP contribution in [0.15, 0.2) is 90.5 Å². The lowest BCUT2D eigenvalue weighted by atomic mass is 9.87. The van der Waals surface area contributed by atoms with Crippen molar-refractivity contribution in [3.63, 3.8) is 0 Å². The van der Waals surface area contributed by atoms with Crippen LogP contribution in [-0.2, 0) is 0 Å². The van der Waals surface area contributed by atoms with Crippen molar-refractivity contribution in [2.45, 2.75) is 26.0 Å². The molecular weight excluding hydrogens is 404 g/mol. The number of rotatable bonds is 6. The van der Waals surface area contributed by atoms with E-state index in [0.29, 0.717) is 21.9 Å². The molecule has 156 valence electrons. The quantitative estimate of drug-likeness (QED) is 0.413. The molecule has 0 aromatic heterocycles. The number of carbonyl (C=O) groups excluding carboxylic acids is 1. The molecule has 0 fully saturated rings. The van der Waals surface area contributed by atoms with Gasteiger partial charge in [0.15, 0.2) is 10.9 Å². The summed E-state index contributed by atoms with van der Waals surface area (Å²) in [5.74, 6) is 0.664. The maximum atomic E-state index is 13.8. The Balaban J connectivity index is 1.93. The van der Waals surface area contributed by atoms with Gasteiger partial charge in [0, 0.05) is 11.1 Å². The van der Waals surface area contributed by atoms with E-state index in [1.165, 1.54) is 0 Å². The first kappa shape index (κ1) is 20.8. The van der Waals surface area contributed by atoms with Crippen LogP contribution in [0.2, 0.25) is 0 Å². The summed E-state index contributed by atoms with van der Waals surface area (Å²) in [5, 5.41) is 7.01. The lowest BCUT2D eigenvalue weighted by Crippen LogP contribution is -2.45. The Bertz CT molecular complexity index is 1120. The fraction of sp³-hybridized carbons (Fsp3) is 0.154. The van der Waals surface area contributed by atoms with Crippen molar-refractivity contribution < 1.29 is 9.53 Å². The summed E-state index contributed by atoms with van der Waals surface area (Å²) in [5.41, 5.74) is 3.70. The molecule has 0 amide bonds. The number of ether oxygens (including phenoxy) is 1. The first-order chi connectivity index (χ1) is 15.0. The van der Waals surface area contributed by atoms with E-state index >= 15 is 0 Å². The number of ketones is 1. The molecule has 0 unspecified atom stereocenters. The molecule has 0 bridgehead atoms. The monoisotopic (exact) mass is 428 g/mol. The maximum absolute atomic E-state index is 13.8. The number of Topliss-reactive ketones (excluding diaryl/α,β-unsaturated/α-hetero) is 1. The van der Waals surface area contributed by atoms with E-state index in [9.17, 15) is 4.79 Å². The molecule has 5 heteroatoms. The number of thiocarbonyl (C=S) groups is 1. The zero-order valence-electron chi connectivity index (χ0n) is 17.5. The number of nitrogens with one attached hydrogen (secondary N) is 2. The number of hydrogen-bond acceptors (Lipinski definition) is 3. The van der Waals surface area contributed by atoms with Crippen LogP contribution < -0.4 is 15.4 Å². The van der Waals surface area contributed by atoms with Gasteiger partial charge in [0.05, 0.1) is 23.4 Å². The Morgan fingerprint density at radius 2 is 1.52 bits per heavy atom. The van der Waals surface area contributed by atoms with E-state index < -0.39 is 6.04 Å². The molecular formula is C26H24N2O2S. The molecule has 1 atom stereocenters. The van der Waals surface area contributed by atoms with Crippen molar-refractivity contribution >= 4 is 28.8 Å². The Morgan fingerprint density at radius 3 is 2.19 bits per heavy atom. The topological polar surface area (TPSA) is 50.4 Å². The summed E-state index contributed by atoms with van der Waals surface area (Å²) in [6, 6.07) is 26.4. The third-order valence-electron chi connectivity index (χ3n) is 5.01. The second kappa shape index (κ2) is 9.14. The molecule has 0 aliphatic carbocycles. The molecule has 3 aromatic rings. The summed E-state index contributed by atoms with van der Waals surface area (Å²) in [7, 11) is 0. The summed E-state index contributed by atoms with van der Waals surface area (Å²) >= 11 is 5.54. The summed E-state index contributed by atoms with van der Waals surface area (Å²) in [6.07, 6.45) is 0.000616. The van der Waals surface area contributed by atoms with Gasteiger partial charge in [0.25, 0.3) is 0 Å². The minimum atomic E-state index is -0.452. The first-order valence-corrected chi connectivity index (χ1v) is 10.7. The van der Waals surface area contributed by atoms with Crippen molar-refractivity contribution in [3.8, 4) is 5.75 Å². The minimum Gasteiger partial charge on any atom is -0.491 e. The number of benzene rings is 3. The molecule has 3 aromatic carbocycles. The average Bonchev–Trinajstić information content (AvgIpc) is 2.79. The highest BCUT2D eigenvalue weighted by atomic mass is 32.1. The second-order valence-corrected chi connectivity index (χ2v) is 7.99.